The van der Waals surface area contributed by atoms with Gasteiger partial charge in [-0.2, -0.15) is 17.6 Å². The fourth-order valence-corrected chi connectivity index (χ4v) is 4.07. The predicted octanol–water partition coefficient (Wildman–Crippen LogP) is 8.54. The maximum Gasteiger partial charge on any atom is 0.573 e. The molecule has 0 atom stereocenters. The van der Waals surface area contributed by atoms with Crippen LogP contribution >= 0.6 is 0 Å². The van der Waals surface area contributed by atoms with Gasteiger partial charge in [0.05, 0.1) is 5.56 Å². The van der Waals surface area contributed by atoms with E-state index in [-0.39, 0.29) is 22.1 Å². The minimum absolute atomic E-state index is 0.0261. The van der Waals surface area contributed by atoms with Gasteiger partial charge in [0, 0.05) is 23.1 Å². The molecule has 1 heterocycles. The van der Waals surface area contributed by atoms with Gasteiger partial charge >= 0.3 is 42.8 Å². The molecule has 9 nitrogen and oxygen atoms in total. The highest BCUT2D eigenvalue weighted by atomic mass is 19.4. The number of fused-ring (bicyclic) bond motifs is 1. The van der Waals surface area contributed by atoms with E-state index in [0.29, 0.717) is 24.5 Å². The zero-order chi connectivity index (χ0) is 37.5. The molecule has 3 aromatic rings. The highest BCUT2D eigenvalue weighted by molar-refractivity contribution is 5.84. The maximum atomic E-state index is 14.1. The van der Waals surface area contributed by atoms with Crippen LogP contribution in [-0.2, 0) is 30.2 Å². The molecule has 0 saturated heterocycles. The van der Waals surface area contributed by atoms with Crippen LogP contribution in [0.15, 0.2) is 64.3 Å². The molecule has 0 spiro atoms. The topological polar surface area (TPSA) is 103 Å². The fraction of sp³-hybridized carbons (Fsp3) is 0.400. The van der Waals surface area contributed by atoms with Gasteiger partial charge in [0.2, 0.25) is 0 Å². The van der Waals surface area contributed by atoms with Crippen LogP contribution in [0.1, 0.15) is 31.7 Å². The molecule has 2 aromatic carbocycles. The summed E-state index contributed by atoms with van der Waals surface area (Å²) in [6.45, 7) is 0.406. The molecule has 0 radical (unpaired) electrons. The second-order valence-corrected chi connectivity index (χ2v) is 10.1. The molecule has 50 heavy (non-hydrogen) atoms. The number of ether oxygens (including phenoxy) is 6. The predicted molar refractivity (Wildman–Crippen MR) is 148 cm³/mol. The Bertz CT molecular complexity index is 1710. The Labute approximate surface area is 274 Å². The summed E-state index contributed by atoms with van der Waals surface area (Å²) in [5.74, 6) is -2.81. The third kappa shape index (κ3) is 12.5. The van der Waals surface area contributed by atoms with E-state index in [4.69, 9.17) is 4.42 Å². The van der Waals surface area contributed by atoms with Gasteiger partial charge in [0.1, 0.15) is 17.1 Å². The van der Waals surface area contributed by atoms with Gasteiger partial charge in [0.25, 0.3) is 0 Å². The van der Waals surface area contributed by atoms with Crippen LogP contribution in [0.3, 0.4) is 0 Å². The molecule has 0 aliphatic rings. The maximum absolute atomic E-state index is 14.1. The van der Waals surface area contributed by atoms with Crippen molar-refractivity contribution in [2.75, 3.05) is 13.2 Å². The highest BCUT2D eigenvalue weighted by Crippen LogP contribution is 2.38. The van der Waals surface area contributed by atoms with Crippen molar-refractivity contribution in [3.8, 4) is 22.6 Å². The molecule has 0 aliphatic heterocycles. The Kier molecular flexibility index (Phi) is 12.5. The first kappa shape index (κ1) is 40.0. The minimum atomic E-state index is -5.99. The van der Waals surface area contributed by atoms with Crippen LogP contribution in [-0.4, -0.2) is 50.4 Å². The molecule has 276 valence electrons. The van der Waals surface area contributed by atoms with Crippen molar-refractivity contribution >= 4 is 16.9 Å². The number of rotatable bonds is 18. The fourth-order valence-electron chi connectivity index (χ4n) is 4.07. The average molecular weight is 738 g/mol. The van der Waals surface area contributed by atoms with E-state index >= 15 is 0 Å². The normalized spacial score (nSPS) is 13.0. The number of unbranched alkanes of at least 4 members (excludes halogenated alkanes) is 2. The highest BCUT2D eigenvalue weighted by Gasteiger charge is 2.57. The van der Waals surface area contributed by atoms with Gasteiger partial charge < -0.3 is 18.6 Å². The third-order valence-corrected chi connectivity index (χ3v) is 6.07. The van der Waals surface area contributed by atoms with Gasteiger partial charge in [0.15, 0.2) is 13.2 Å². The first-order valence-electron chi connectivity index (χ1n) is 14.0. The summed E-state index contributed by atoms with van der Waals surface area (Å²) in [5, 5.41) is 0.0261. The van der Waals surface area contributed by atoms with Gasteiger partial charge in [-0.05, 0) is 42.7 Å². The number of halogens is 11. The zero-order valence-corrected chi connectivity index (χ0v) is 25.4. The first-order chi connectivity index (χ1) is 23.0. The van der Waals surface area contributed by atoms with Gasteiger partial charge in [-0.3, -0.25) is 0 Å². The summed E-state index contributed by atoms with van der Waals surface area (Å²) >= 11 is 0. The molecular weight excluding hydrogens is 713 g/mol. The van der Waals surface area contributed by atoms with Crippen molar-refractivity contribution in [1.29, 1.82) is 0 Å². The summed E-state index contributed by atoms with van der Waals surface area (Å²) in [5.41, 5.74) is -1.72. The van der Waals surface area contributed by atoms with Gasteiger partial charge in [-0.25, -0.2) is 23.8 Å². The number of hydrogen-bond acceptors (Lipinski definition) is 9. The van der Waals surface area contributed by atoms with Crippen LogP contribution in [0, 0.1) is 0 Å². The van der Waals surface area contributed by atoms with Crippen molar-refractivity contribution in [2.45, 2.75) is 63.8 Å². The molecule has 0 N–H and O–H groups in total. The molecule has 0 amide bonds. The number of esters is 1. The Balaban J connectivity index is 1.74. The molecule has 0 saturated carbocycles. The van der Waals surface area contributed by atoms with Crippen molar-refractivity contribution in [3.63, 3.8) is 0 Å². The lowest BCUT2D eigenvalue weighted by Gasteiger charge is -2.27. The summed E-state index contributed by atoms with van der Waals surface area (Å²) in [6, 6.07) is 7.78. The standard InChI is InChI=1S/C30H25F11O9/c1-3-5-6-7-17-8-11-20(23(12-17)47-28(35,36)37)21-13-18-9-10-19(14-22(18)46-25(21)43)44-15-26(31,32)48-29(38,39)50-30(40,41)49-27(33,34)16-45-24(42)4-2/h4,8-14H,2-3,5-7,15-16H2,1H3. The quantitative estimate of drug-likeness (QED) is 0.0317. The lowest BCUT2D eigenvalue weighted by Crippen LogP contribution is -2.46. The van der Waals surface area contributed by atoms with E-state index in [0.717, 1.165) is 43.2 Å². The van der Waals surface area contributed by atoms with Crippen molar-refractivity contribution in [1.82, 2.24) is 0 Å². The monoisotopic (exact) mass is 738 g/mol. The van der Waals surface area contributed by atoms with Crippen LogP contribution in [0.25, 0.3) is 22.1 Å². The molecule has 20 heteroatoms. The number of aryl methyl sites for hydroxylation is 1. The SMILES string of the molecule is C=CC(=O)OCC(F)(F)OC(F)(F)OC(F)(F)OC(F)(F)COc1ccc2cc(-c3ccc(CCCCC)cc3OC(F)(F)F)c(=O)oc2c1. The Hall–Kier alpha value is -4.43. The molecule has 1 aromatic heterocycles. The van der Waals surface area contributed by atoms with Crippen molar-refractivity contribution in [2.24, 2.45) is 0 Å². The van der Waals surface area contributed by atoms with E-state index in [1.807, 2.05) is 6.92 Å². The molecular formula is C30H25F11O9. The molecule has 0 unspecified atom stereocenters. The van der Waals surface area contributed by atoms with Crippen LogP contribution in [0.5, 0.6) is 11.5 Å². The number of benzene rings is 2. The Morgan fingerprint density at radius 1 is 0.800 bits per heavy atom. The van der Waals surface area contributed by atoms with Crippen LogP contribution in [0.4, 0.5) is 48.3 Å². The molecule has 3 rings (SSSR count). The average Bonchev–Trinajstić information content (AvgIpc) is 2.96. The summed E-state index contributed by atoms with van der Waals surface area (Å²) in [4.78, 5) is 23.6. The Morgan fingerprint density at radius 3 is 2.04 bits per heavy atom. The minimum Gasteiger partial charge on any atom is -0.484 e. The van der Waals surface area contributed by atoms with Crippen LogP contribution in [0.2, 0.25) is 0 Å². The van der Waals surface area contributed by atoms with Crippen molar-refractivity contribution in [3.05, 3.63) is 71.1 Å². The second kappa shape index (κ2) is 15.6. The molecule has 0 fully saturated rings. The molecule has 0 bridgehead atoms. The summed E-state index contributed by atoms with van der Waals surface area (Å²) < 4.78 is 175. The molecule has 0 aliphatic carbocycles. The lowest BCUT2D eigenvalue weighted by molar-refractivity contribution is -0.574. The van der Waals surface area contributed by atoms with Crippen molar-refractivity contribution < 1.29 is 85.9 Å². The van der Waals surface area contributed by atoms with E-state index in [2.05, 4.69) is 35.0 Å². The number of carbonyl (C=O) groups excluding carboxylic acids is 1. The van der Waals surface area contributed by atoms with Crippen LogP contribution < -0.4 is 15.1 Å². The number of alkyl halides is 11. The van der Waals surface area contributed by atoms with E-state index in [1.54, 1.807) is 0 Å². The third-order valence-electron chi connectivity index (χ3n) is 6.07. The van der Waals surface area contributed by atoms with E-state index < -0.39 is 67.5 Å². The summed E-state index contributed by atoms with van der Waals surface area (Å²) in [7, 11) is 0. The second-order valence-electron chi connectivity index (χ2n) is 10.1. The smallest absolute Gasteiger partial charge is 0.484 e. The van der Waals surface area contributed by atoms with Gasteiger partial charge in [-0.15, -0.1) is 30.7 Å². The largest absolute Gasteiger partial charge is 0.573 e. The lowest BCUT2D eigenvalue weighted by atomic mass is 10.00. The van der Waals surface area contributed by atoms with E-state index in [9.17, 15) is 57.9 Å². The Morgan fingerprint density at radius 2 is 1.44 bits per heavy atom. The zero-order valence-electron chi connectivity index (χ0n) is 25.4. The van der Waals surface area contributed by atoms with Gasteiger partial charge in [-0.1, -0.05) is 38.5 Å². The first-order valence-corrected chi connectivity index (χ1v) is 14.0. The number of hydrogen-bond donors (Lipinski definition) is 0. The number of carbonyl (C=O) groups is 1. The van der Waals surface area contributed by atoms with E-state index in [1.165, 1.54) is 12.1 Å². The summed E-state index contributed by atoms with van der Waals surface area (Å²) in [6.07, 6.45) is -24.2.